The molecule has 0 aliphatic carbocycles. The van der Waals surface area contributed by atoms with Crippen LogP contribution in [0.5, 0.6) is 11.5 Å². The van der Waals surface area contributed by atoms with Gasteiger partial charge in [-0.25, -0.2) is 0 Å². The van der Waals surface area contributed by atoms with Gasteiger partial charge in [-0.2, -0.15) is 0 Å². The van der Waals surface area contributed by atoms with Gasteiger partial charge < -0.3 is 15.2 Å². The lowest BCUT2D eigenvalue weighted by atomic mass is 10.1. The van der Waals surface area contributed by atoms with Crippen LogP contribution in [0.3, 0.4) is 0 Å². The van der Waals surface area contributed by atoms with Crippen molar-refractivity contribution in [1.29, 1.82) is 0 Å². The summed E-state index contributed by atoms with van der Waals surface area (Å²) >= 11 is 0. The largest absolute Gasteiger partial charge is 0.504 e. The number of aryl methyl sites for hydroxylation is 1. The van der Waals surface area contributed by atoms with Gasteiger partial charge in [0.05, 0.1) is 0 Å². The van der Waals surface area contributed by atoms with Gasteiger partial charge in [-0.1, -0.05) is 6.07 Å². The molecule has 1 saturated heterocycles. The second-order valence-corrected chi connectivity index (χ2v) is 4.04. The molecule has 0 amide bonds. The third-order valence-corrected chi connectivity index (χ3v) is 2.70. The molecule has 1 heterocycles. The van der Waals surface area contributed by atoms with E-state index in [-0.39, 0.29) is 11.9 Å². The number of phenolic OH excluding ortho intramolecular Hbond substituents is 1. The van der Waals surface area contributed by atoms with Gasteiger partial charge in [-0.15, -0.1) is 0 Å². The second-order valence-electron chi connectivity index (χ2n) is 4.04. The molecule has 82 valence electrons. The zero-order chi connectivity index (χ0) is 10.7. The average Bonchev–Trinajstić information content (AvgIpc) is 2.25. The lowest BCUT2D eigenvalue weighted by molar-refractivity contribution is 0.157. The summed E-state index contributed by atoms with van der Waals surface area (Å²) in [4.78, 5) is 0. The number of piperidine rings is 1. The Morgan fingerprint density at radius 3 is 2.80 bits per heavy atom. The molecule has 0 aromatic heterocycles. The van der Waals surface area contributed by atoms with E-state index in [9.17, 15) is 5.11 Å². The van der Waals surface area contributed by atoms with Crippen LogP contribution in [0.2, 0.25) is 0 Å². The molecular weight excluding hydrogens is 190 g/mol. The van der Waals surface area contributed by atoms with Crippen molar-refractivity contribution in [3.05, 3.63) is 23.8 Å². The molecule has 3 heteroatoms. The van der Waals surface area contributed by atoms with E-state index in [1.54, 1.807) is 6.07 Å². The predicted octanol–water partition coefficient (Wildman–Crippen LogP) is 1.83. The van der Waals surface area contributed by atoms with E-state index in [2.05, 4.69) is 5.32 Å². The number of ether oxygens (including phenoxy) is 1. The third kappa shape index (κ3) is 2.63. The van der Waals surface area contributed by atoms with Crippen molar-refractivity contribution in [2.45, 2.75) is 25.9 Å². The van der Waals surface area contributed by atoms with Gasteiger partial charge in [0, 0.05) is 0 Å². The van der Waals surface area contributed by atoms with Crippen LogP contribution in [0, 0.1) is 6.92 Å². The number of phenols is 1. The number of hydrogen-bond acceptors (Lipinski definition) is 3. The maximum absolute atomic E-state index is 9.62. The van der Waals surface area contributed by atoms with Crippen LogP contribution in [0.1, 0.15) is 18.4 Å². The Bertz CT molecular complexity index is 332. The Morgan fingerprint density at radius 2 is 2.07 bits per heavy atom. The Balaban J connectivity index is 2.05. The lowest BCUT2D eigenvalue weighted by Gasteiger charge is -2.24. The molecule has 2 rings (SSSR count). The van der Waals surface area contributed by atoms with Gasteiger partial charge in [-0.05, 0) is 50.6 Å². The van der Waals surface area contributed by atoms with E-state index in [4.69, 9.17) is 4.74 Å². The van der Waals surface area contributed by atoms with Crippen molar-refractivity contribution in [1.82, 2.24) is 5.32 Å². The number of nitrogens with one attached hydrogen (secondary N) is 1. The monoisotopic (exact) mass is 207 g/mol. The number of hydrogen-bond donors (Lipinski definition) is 2. The van der Waals surface area contributed by atoms with Gasteiger partial charge in [0.15, 0.2) is 11.5 Å². The third-order valence-electron chi connectivity index (χ3n) is 2.70. The highest BCUT2D eigenvalue weighted by Crippen LogP contribution is 2.28. The Kier molecular flexibility index (Phi) is 3.11. The van der Waals surface area contributed by atoms with E-state index >= 15 is 0 Å². The van der Waals surface area contributed by atoms with Gasteiger partial charge in [0.2, 0.25) is 0 Å². The maximum atomic E-state index is 9.62. The molecule has 15 heavy (non-hydrogen) atoms. The highest BCUT2D eigenvalue weighted by atomic mass is 16.5. The molecule has 0 radical (unpaired) electrons. The summed E-state index contributed by atoms with van der Waals surface area (Å²) in [6.45, 7) is 3.99. The first-order valence-corrected chi connectivity index (χ1v) is 5.43. The van der Waals surface area contributed by atoms with Crippen molar-refractivity contribution in [2.75, 3.05) is 13.1 Å². The highest BCUT2D eigenvalue weighted by Gasteiger charge is 2.15. The Morgan fingerprint density at radius 1 is 1.33 bits per heavy atom. The average molecular weight is 207 g/mol. The summed E-state index contributed by atoms with van der Waals surface area (Å²) in [6.07, 6.45) is 2.25. The fraction of sp³-hybridized carbons (Fsp3) is 0.500. The second kappa shape index (κ2) is 4.53. The van der Waals surface area contributed by atoms with Crippen LogP contribution in [0.15, 0.2) is 18.2 Å². The topological polar surface area (TPSA) is 41.5 Å². The molecule has 0 atom stereocenters. The number of rotatable bonds is 2. The molecule has 3 nitrogen and oxygen atoms in total. The van der Waals surface area contributed by atoms with Crippen molar-refractivity contribution in [2.24, 2.45) is 0 Å². The maximum Gasteiger partial charge on any atom is 0.161 e. The van der Waals surface area contributed by atoms with Crippen LogP contribution < -0.4 is 10.1 Å². The van der Waals surface area contributed by atoms with Gasteiger partial charge in [0.25, 0.3) is 0 Å². The van der Waals surface area contributed by atoms with Crippen LogP contribution in [0.4, 0.5) is 0 Å². The van der Waals surface area contributed by atoms with E-state index in [1.165, 1.54) is 0 Å². The van der Waals surface area contributed by atoms with E-state index in [1.807, 2.05) is 19.1 Å². The summed E-state index contributed by atoms with van der Waals surface area (Å²) in [5, 5.41) is 12.9. The van der Waals surface area contributed by atoms with Crippen molar-refractivity contribution >= 4 is 0 Å². The SMILES string of the molecule is Cc1ccc(O)c(OC2CCNCC2)c1. The molecule has 1 aliphatic heterocycles. The van der Waals surface area contributed by atoms with Crippen molar-refractivity contribution in [3.8, 4) is 11.5 Å². The Hall–Kier alpha value is -1.22. The molecular formula is C12H17NO2. The standard InChI is InChI=1S/C12H17NO2/c1-9-2-3-11(14)12(8-9)15-10-4-6-13-7-5-10/h2-3,8,10,13-14H,4-7H2,1H3. The molecule has 2 N–H and O–H groups in total. The number of benzene rings is 1. The van der Waals surface area contributed by atoms with Crippen LogP contribution in [-0.4, -0.2) is 24.3 Å². The van der Waals surface area contributed by atoms with Crippen molar-refractivity contribution < 1.29 is 9.84 Å². The minimum absolute atomic E-state index is 0.235. The van der Waals surface area contributed by atoms with Crippen LogP contribution in [0.25, 0.3) is 0 Å². The first kappa shape index (κ1) is 10.3. The molecule has 1 fully saturated rings. The van der Waals surface area contributed by atoms with Gasteiger partial charge in [-0.3, -0.25) is 0 Å². The van der Waals surface area contributed by atoms with Crippen molar-refractivity contribution in [3.63, 3.8) is 0 Å². The predicted molar refractivity (Wildman–Crippen MR) is 59.4 cm³/mol. The van der Waals surface area contributed by atoms with Gasteiger partial charge >= 0.3 is 0 Å². The first-order chi connectivity index (χ1) is 7.25. The van der Waals surface area contributed by atoms with E-state index < -0.39 is 0 Å². The molecule has 0 spiro atoms. The van der Waals surface area contributed by atoms with E-state index in [0.29, 0.717) is 5.75 Å². The van der Waals surface area contributed by atoms with Crippen LogP contribution in [-0.2, 0) is 0 Å². The van der Waals surface area contributed by atoms with Crippen LogP contribution >= 0.6 is 0 Å². The quantitative estimate of drug-likeness (QED) is 0.777. The molecule has 1 aliphatic rings. The molecule has 0 unspecified atom stereocenters. The summed E-state index contributed by atoms with van der Waals surface area (Å²) in [5.41, 5.74) is 1.11. The normalized spacial score (nSPS) is 17.7. The van der Waals surface area contributed by atoms with E-state index in [0.717, 1.165) is 31.5 Å². The minimum Gasteiger partial charge on any atom is -0.504 e. The zero-order valence-corrected chi connectivity index (χ0v) is 8.99. The zero-order valence-electron chi connectivity index (χ0n) is 8.99. The first-order valence-electron chi connectivity index (χ1n) is 5.43. The fourth-order valence-corrected chi connectivity index (χ4v) is 1.81. The number of aromatic hydroxyl groups is 1. The Labute approximate surface area is 90.1 Å². The molecule has 0 saturated carbocycles. The lowest BCUT2D eigenvalue weighted by Crippen LogP contribution is -2.34. The summed E-state index contributed by atoms with van der Waals surface area (Å²) in [7, 11) is 0. The summed E-state index contributed by atoms with van der Waals surface area (Å²) < 4.78 is 5.78. The fourth-order valence-electron chi connectivity index (χ4n) is 1.81. The smallest absolute Gasteiger partial charge is 0.161 e. The summed E-state index contributed by atoms with van der Waals surface area (Å²) in [6, 6.07) is 5.45. The molecule has 0 bridgehead atoms. The minimum atomic E-state index is 0.235. The summed E-state index contributed by atoms with van der Waals surface area (Å²) in [5.74, 6) is 0.848. The molecule has 1 aromatic rings. The highest BCUT2D eigenvalue weighted by molar-refractivity contribution is 5.41. The van der Waals surface area contributed by atoms with Gasteiger partial charge in [0.1, 0.15) is 6.10 Å². The molecule has 1 aromatic carbocycles.